The molecule has 1 heterocycles. The molecule has 98 valence electrons. The predicted octanol–water partition coefficient (Wildman–Crippen LogP) is 2.81. The third kappa shape index (κ3) is 3.23. The molecule has 2 rings (SSSR count). The fraction of sp³-hybridized carbons (Fsp3) is 0.143. The van der Waals surface area contributed by atoms with Crippen LogP contribution in [-0.2, 0) is 0 Å². The number of pyridine rings is 1. The Morgan fingerprint density at radius 3 is 2.84 bits per heavy atom. The Morgan fingerprint density at radius 1 is 1.37 bits per heavy atom. The van der Waals surface area contributed by atoms with E-state index >= 15 is 0 Å². The highest BCUT2D eigenvalue weighted by molar-refractivity contribution is 6.30. The van der Waals surface area contributed by atoms with Crippen LogP contribution in [0.3, 0.4) is 0 Å². The van der Waals surface area contributed by atoms with Crippen LogP contribution >= 0.6 is 11.6 Å². The summed E-state index contributed by atoms with van der Waals surface area (Å²) in [5.74, 6) is -0.0311. The van der Waals surface area contributed by atoms with Crippen molar-refractivity contribution in [3.05, 3.63) is 58.7 Å². The highest BCUT2D eigenvalue weighted by Gasteiger charge is 2.14. The number of halogens is 1. The van der Waals surface area contributed by atoms with Crippen molar-refractivity contribution in [1.82, 2.24) is 10.3 Å². The first-order valence-electron chi connectivity index (χ1n) is 5.84. The van der Waals surface area contributed by atoms with Crippen LogP contribution < -0.4 is 11.1 Å². The van der Waals surface area contributed by atoms with Crippen molar-refractivity contribution < 1.29 is 4.79 Å². The largest absolute Gasteiger partial charge is 0.383 e. The molecule has 1 amide bonds. The standard InChI is InChI=1S/C14H14ClN3O/c1-9(10-4-2-5-11(15)8-10)18-14(19)12-6-3-7-17-13(12)16/h2-9H,1H3,(H2,16,17)(H,18,19). The second kappa shape index (κ2) is 5.71. The van der Waals surface area contributed by atoms with Crippen LogP contribution in [0.1, 0.15) is 28.9 Å². The molecule has 1 aromatic heterocycles. The summed E-state index contributed by atoms with van der Waals surface area (Å²) < 4.78 is 0. The van der Waals surface area contributed by atoms with Crippen molar-refractivity contribution in [3.63, 3.8) is 0 Å². The van der Waals surface area contributed by atoms with E-state index in [4.69, 9.17) is 17.3 Å². The van der Waals surface area contributed by atoms with Crippen LogP contribution in [0.5, 0.6) is 0 Å². The average molecular weight is 276 g/mol. The smallest absolute Gasteiger partial charge is 0.255 e. The van der Waals surface area contributed by atoms with E-state index in [0.29, 0.717) is 10.6 Å². The van der Waals surface area contributed by atoms with Gasteiger partial charge in [0.25, 0.3) is 5.91 Å². The van der Waals surface area contributed by atoms with Crippen molar-refractivity contribution in [2.75, 3.05) is 5.73 Å². The van der Waals surface area contributed by atoms with Crippen LogP contribution in [0, 0.1) is 0 Å². The zero-order chi connectivity index (χ0) is 13.8. The summed E-state index contributed by atoms with van der Waals surface area (Å²) in [6.45, 7) is 1.89. The summed E-state index contributed by atoms with van der Waals surface area (Å²) in [6.07, 6.45) is 1.55. The third-order valence-electron chi connectivity index (χ3n) is 2.78. The normalized spacial score (nSPS) is 11.9. The molecule has 3 N–H and O–H groups in total. The molecule has 0 fully saturated rings. The summed E-state index contributed by atoms with van der Waals surface area (Å²) in [5.41, 5.74) is 6.97. The fourth-order valence-electron chi connectivity index (χ4n) is 1.74. The van der Waals surface area contributed by atoms with Gasteiger partial charge >= 0.3 is 0 Å². The van der Waals surface area contributed by atoms with Crippen LogP contribution in [0.2, 0.25) is 5.02 Å². The fourth-order valence-corrected chi connectivity index (χ4v) is 1.94. The lowest BCUT2D eigenvalue weighted by molar-refractivity contribution is 0.0940. The molecular weight excluding hydrogens is 262 g/mol. The van der Waals surface area contributed by atoms with E-state index in [-0.39, 0.29) is 17.8 Å². The molecule has 5 heteroatoms. The van der Waals surface area contributed by atoms with Gasteiger partial charge < -0.3 is 11.1 Å². The highest BCUT2D eigenvalue weighted by Crippen LogP contribution is 2.18. The number of rotatable bonds is 3. The lowest BCUT2D eigenvalue weighted by atomic mass is 10.1. The van der Waals surface area contributed by atoms with Crippen molar-refractivity contribution in [2.24, 2.45) is 0 Å². The molecule has 2 aromatic rings. The molecular formula is C14H14ClN3O. The molecule has 1 unspecified atom stereocenters. The molecule has 0 saturated heterocycles. The van der Waals surface area contributed by atoms with Gasteiger partial charge in [-0.15, -0.1) is 0 Å². The van der Waals surface area contributed by atoms with E-state index in [0.717, 1.165) is 5.56 Å². The monoisotopic (exact) mass is 275 g/mol. The number of aromatic nitrogens is 1. The maximum atomic E-state index is 12.1. The lowest BCUT2D eigenvalue weighted by Crippen LogP contribution is -2.27. The summed E-state index contributed by atoms with van der Waals surface area (Å²) in [5, 5.41) is 3.50. The Bertz CT molecular complexity index is 601. The molecule has 0 aliphatic rings. The van der Waals surface area contributed by atoms with Crippen LogP contribution in [0.4, 0.5) is 5.82 Å². The predicted molar refractivity (Wildman–Crippen MR) is 76.0 cm³/mol. The molecule has 1 aromatic carbocycles. The topological polar surface area (TPSA) is 68.0 Å². The van der Waals surface area contributed by atoms with Gasteiger partial charge in [-0.2, -0.15) is 0 Å². The number of hydrogen-bond donors (Lipinski definition) is 2. The Balaban J connectivity index is 2.13. The maximum Gasteiger partial charge on any atom is 0.255 e. The van der Waals surface area contributed by atoms with E-state index < -0.39 is 0 Å². The number of anilines is 1. The van der Waals surface area contributed by atoms with E-state index in [2.05, 4.69) is 10.3 Å². The van der Waals surface area contributed by atoms with E-state index in [9.17, 15) is 4.79 Å². The van der Waals surface area contributed by atoms with Gasteiger partial charge in [0.15, 0.2) is 0 Å². The Morgan fingerprint density at radius 2 is 2.16 bits per heavy atom. The van der Waals surface area contributed by atoms with Crippen molar-refractivity contribution in [1.29, 1.82) is 0 Å². The Kier molecular flexibility index (Phi) is 4.02. The minimum absolute atomic E-state index is 0.161. The number of carbonyl (C=O) groups excluding carboxylic acids is 1. The van der Waals surface area contributed by atoms with Gasteiger partial charge in [0, 0.05) is 11.2 Å². The quantitative estimate of drug-likeness (QED) is 0.905. The van der Waals surface area contributed by atoms with Gasteiger partial charge in [-0.25, -0.2) is 4.98 Å². The summed E-state index contributed by atoms with van der Waals surface area (Å²) >= 11 is 5.92. The minimum atomic E-state index is -0.252. The molecule has 1 atom stereocenters. The van der Waals surface area contributed by atoms with Gasteiger partial charge in [-0.3, -0.25) is 4.79 Å². The Labute approximate surface area is 116 Å². The van der Waals surface area contributed by atoms with Gasteiger partial charge in [0.2, 0.25) is 0 Å². The van der Waals surface area contributed by atoms with Crippen molar-refractivity contribution in [3.8, 4) is 0 Å². The van der Waals surface area contributed by atoms with Crippen LogP contribution in [-0.4, -0.2) is 10.9 Å². The number of nitrogen functional groups attached to an aromatic ring is 1. The first-order chi connectivity index (χ1) is 9.08. The van der Waals surface area contributed by atoms with Gasteiger partial charge in [0.1, 0.15) is 5.82 Å². The molecule has 0 bridgehead atoms. The molecule has 19 heavy (non-hydrogen) atoms. The van der Waals surface area contributed by atoms with E-state index in [1.807, 2.05) is 25.1 Å². The molecule has 4 nitrogen and oxygen atoms in total. The second-order valence-corrected chi connectivity index (χ2v) is 4.62. The summed E-state index contributed by atoms with van der Waals surface area (Å²) in [4.78, 5) is 16.0. The zero-order valence-electron chi connectivity index (χ0n) is 10.4. The third-order valence-corrected chi connectivity index (χ3v) is 3.01. The number of amides is 1. The number of nitrogens with one attached hydrogen (secondary N) is 1. The van der Waals surface area contributed by atoms with Gasteiger partial charge in [-0.1, -0.05) is 23.7 Å². The van der Waals surface area contributed by atoms with E-state index in [1.54, 1.807) is 24.4 Å². The van der Waals surface area contributed by atoms with Gasteiger partial charge in [0.05, 0.1) is 11.6 Å². The van der Waals surface area contributed by atoms with Crippen molar-refractivity contribution >= 4 is 23.3 Å². The van der Waals surface area contributed by atoms with Crippen molar-refractivity contribution in [2.45, 2.75) is 13.0 Å². The average Bonchev–Trinajstić information content (AvgIpc) is 2.39. The molecule has 0 aliphatic heterocycles. The number of nitrogens with two attached hydrogens (primary N) is 1. The summed E-state index contributed by atoms with van der Waals surface area (Å²) in [6, 6.07) is 10.5. The highest BCUT2D eigenvalue weighted by atomic mass is 35.5. The second-order valence-electron chi connectivity index (χ2n) is 4.19. The zero-order valence-corrected chi connectivity index (χ0v) is 11.2. The number of carbonyl (C=O) groups is 1. The first-order valence-corrected chi connectivity index (χ1v) is 6.22. The molecule has 0 saturated carbocycles. The SMILES string of the molecule is CC(NC(=O)c1cccnc1N)c1cccc(Cl)c1. The number of benzene rings is 1. The maximum absolute atomic E-state index is 12.1. The number of nitrogens with zero attached hydrogens (tertiary/aromatic N) is 1. The number of hydrogen-bond acceptors (Lipinski definition) is 3. The summed E-state index contributed by atoms with van der Waals surface area (Å²) in [7, 11) is 0. The van der Waals surface area contributed by atoms with Crippen LogP contribution in [0.25, 0.3) is 0 Å². The minimum Gasteiger partial charge on any atom is -0.383 e. The first kappa shape index (κ1) is 13.4. The molecule has 0 radical (unpaired) electrons. The lowest BCUT2D eigenvalue weighted by Gasteiger charge is -2.15. The molecule has 0 spiro atoms. The Hall–Kier alpha value is -2.07. The van der Waals surface area contributed by atoms with Crippen LogP contribution in [0.15, 0.2) is 42.6 Å². The van der Waals surface area contributed by atoms with E-state index in [1.165, 1.54) is 0 Å². The van der Waals surface area contributed by atoms with Gasteiger partial charge in [-0.05, 0) is 36.8 Å². The molecule has 0 aliphatic carbocycles.